The van der Waals surface area contributed by atoms with Gasteiger partial charge in [-0.05, 0) is 43.4 Å². The SMILES string of the molecule is O=C([C@@H]1CC=CCC1)N1CC=C(c2c[nH]c3ncccc23)CC1. The first kappa shape index (κ1) is 14.2. The van der Waals surface area contributed by atoms with Crippen molar-refractivity contribution in [3.05, 3.63) is 48.3 Å². The fourth-order valence-electron chi connectivity index (χ4n) is 3.61. The van der Waals surface area contributed by atoms with E-state index in [1.54, 1.807) is 6.20 Å². The second kappa shape index (κ2) is 6.03. The first-order valence-electron chi connectivity index (χ1n) is 8.38. The average molecular weight is 307 g/mol. The minimum atomic E-state index is 0.187. The van der Waals surface area contributed by atoms with Crippen molar-refractivity contribution in [2.24, 2.45) is 5.92 Å². The smallest absolute Gasteiger partial charge is 0.226 e. The van der Waals surface area contributed by atoms with Gasteiger partial charge in [-0.1, -0.05) is 18.2 Å². The Hall–Kier alpha value is -2.36. The second-order valence-electron chi connectivity index (χ2n) is 6.35. The molecule has 23 heavy (non-hydrogen) atoms. The third-order valence-electron chi connectivity index (χ3n) is 4.94. The Balaban J connectivity index is 1.50. The Bertz CT molecular complexity index is 787. The molecule has 0 radical (unpaired) electrons. The number of aromatic amines is 1. The number of hydrogen-bond acceptors (Lipinski definition) is 2. The number of amides is 1. The summed E-state index contributed by atoms with van der Waals surface area (Å²) < 4.78 is 0. The molecule has 1 atom stereocenters. The van der Waals surface area contributed by atoms with E-state index in [-0.39, 0.29) is 5.92 Å². The van der Waals surface area contributed by atoms with Gasteiger partial charge in [0.25, 0.3) is 0 Å². The summed E-state index contributed by atoms with van der Waals surface area (Å²) in [5.41, 5.74) is 3.47. The van der Waals surface area contributed by atoms with Crippen LogP contribution in [0.5, 0.6) is 0 Å². The van der Waals surface area contributed by atoms with E-state index in [2.05, 4.69) is 34.3 Å². The molecule has 0 aromatic carbocycles. The van der Waals surface area contributed by atoms with Crippen LogP contribution in [-0.2, 0) is 4.79 Å². The Labute approximate surface area is 135 Å². The molecule has 2 aliphatic rings. The summed E-state index contributed by atoms with van der Waals surface area (Å²) in [5.74, 6) is 0.512. The van der Waals surface area contributed by atoms with Crippen molar-refractivity contribution in [2.45, 2.75) is 25.7 Å². The Morgan fingerprint density at radius 2 is 2.30 bits per heavy atom. The van der Waals surface area contributed by atoms with Gasteiger partial charge in [0, 0.05) is 42.4 Å². The van der Waals surface area contributed by atoms with Crippen LogP contribution in [0.15, 0.2) is 42.8 Å². The lowest BCUT2D eigenvalue weighted by atomic mass is 9.92. The van der Waals surface area contributed by atoms with Crippen molar-refractivity contribution in [3.8, 4) is 0 Å². The van der Waals surface area contributed by atoms with E-state index in [0.29, 0.717) is 5.91 Å². The van der Waals surface area contributed by atoms with Crippen LogP contribution in [0.2, 0.25) is 0 Å². The topological polar surface area (TPSA) is 49.0 Å². The molecule has 4 nitrogen and oxygen atoms in total. The molecule has 118 valence electrons. The summed E-state index contributed by atoms with van der Waals surface area (Å²) in [6.07, 6.45) is 14.2. The number of fused-ring (bicyclic) bond motifs is 1. The zero-order chi connectivity index (χ0) is 15.6. The summed E-state index contributed by atoms with van der Waals surface area (Å²) in [5, 5.41) is 1.16. The van der Waals surface area contributed by atoms with Crippen LogP contribution in [0.1, 0.15) is 31.2 Å². The molecule has 1 aliphatic heterocycles. The minimum Gasteiger partial charge on any atom is -0.346 e. The van der Waals surface area contributed by atoms with Crippen molar-refractivity contribution in [2.75, 3.05) is 13.1 Å². The van der Waals surface area contributed by atoms with E-state index >= 15 is 0 Å². The molecule has 0 spiro atoms. The van der Waals surface area contributed by atoms with Gasteiger partial charge < -0.3 is 9.88 Å². The number of pyridine rings is 1. The number of aromatic nitrogens is 2. The molecule has 0 saturated heterocycles. The van der Waals surface area contributed by atoms with Crippen LogP contribution < -0.4 is 0 Å². The molecule has 1 N–H and O–H groups in total. The van der Waals surface area contributed by atoms with E-state index < -0.39 is 0 Å². The van der Waals surface area contributed by atoms with Crippen LogP contribution in [0, 0.1) is 5.92 Å². The molecule has 0 fully saturated rings. The highest BCUT2D eigenvalue weighted by Crippen LogP contribution is 2.29. The van der Waals surface area contributed by atoms with Gasteiger partial charge in [-0.2, -0.15) is 0 Å². The second-order valence-corrected chi connectivity index (χ2v) is 6.35. The number of nitrogens with zero attached hydrogens (tertiary/aromatic N) is 2. The van der Waals surface area contributed by atoms with Crippen molar-refractivity contribution < 1.29 is 4.79 Å². The third-order valence-corrected chi connectivity index (χ3v) is 4.94. The van der Waals surface area contributed by atoms with Gasteiger partial charge in [0.2, 0.25) is 5.91 Å². The highest BCUT2D eigenvalue weighted by molar-refractivity contribution is 5.91. The molecule has 0 unspecified atom stereocenters. The molecule has 4 rings (SSSR count). The number of hydrogen-bond donors (Lipinski definition) is 1. The molecular formula is C19H21N3O. The van der Waals surface area contributed by atoms with Gasteiger partial charge in [0.1, 0.15) is 5.65 Å². The van der Waals surface area contributed by atoms with Gasteiger partial charge in [-0.25, -0.2) is 4.98 Å². The summed E-state index contributed by atoms with van der Waals surface area (Å²) in [6.45, 7) is 1.54. The molecule has 0 saturated carbocycles. The maximum absolute atomic E-state index is 12.6. The quantitative estimate of drug-likeness (QED) is 0.863. The zero-order valence-electron chi connectivity index (χ0n) is 13.2. The lowest BCUT2D eigenvalue weighted by Crippen LogP contribution is -2.39. The standard InChI is InChI=1S/C19H21N3O/c23-19(15-5-2-1-3-6-15)22-11-8-14(9-12-22)17-13-21-18-16(17)7-4-10-20-18/h1-2,4,7-8,10,13,15H,3,5-6,9,11-12H2,(H,20,21)/t15-/m1/s1. The van der Waals surface area contributed by atoms with Crippen molar-refractivity contribution >= 4 is 22.5 Å². The van der Waals surface area contributed by atoms with Crippen molar-refractivity contribution in [1.29, 1.82) is 0 Å². The first-order valence-corrected chi connectivity index (χ1v) is 8.38. The number of carbonyl (C=O) groups is 1. The molecule has 0 bridgehead atoms. The molecule has 1 aliphatic carbocycles. The molecule has 1 amide bonds. The normalized spacial score (nSPS) is 21.5. The lowest BCUT2D eigenvalue weighted by molar-refractivity contribution is -0.135. The maximum Gasteiger partial charge on any atom is 0.226 e. The zero-order valence-corrected chi connectivity index (χ0v) is 13.2. The molecule has 3 heterocycles. The number of nitrogens with one attached hydrogen (secondary N) is 1. The van der Waals surface area contributed by atoms with E-state index in [0.717, 1.165) is 49.8 Å². The van der Waals surface area contributed by atoms with Crippen LogP contribution in [0.4, 0.5) is 0 Å². The first-order chi connectivity index (χ1) is 11.3. The monoisotopic (exact) mass is 307 g/mol. The Morgan fingerprint density at radius 1 is 1.35 bits per heavy atom. The van der Waals surface area contributed by atoms with E-state index in [1.807, 2.05) is 17.2 Å². The fraction of sp³-hybridized carbons (Fsp3) is 0.368. The van der Waals surface area contributed by atoms with Crippen molar-refractivity contribution in [1.82, 2.24) is 14.9 Å². The summed E-state index contributed by atoms with van der Waals surface area (Å²) in [6, 6.07) is 4.07. The number of H-pyrrole nitrogens is 1. The summed E-state index contributed by atoms with van der Waals surface area (Å²) in [4.78, 5) is 22.2. The number of carbonyl (C=O) groups excluding carboxylic acids is 1. The molecule has 2 aromatic rings. The van der Waals surface area contributed by atoms with Gasteiger partial charge in [0.15, 0.2) is 0 Å². The third kappa shape index (κ3) is 2.69. The van der Waals surface area contributed by atoms with Crippen LogP contribution >= 0.6 is 0 Å². The van der Waals surface area contributed by atoms with Gasteiger partial charge in [-0.15, -0.1) is 0 Å². The minimum absolute atomic E-state index is 0.187. The van der Waals surface area contributed by atoms with E-state index in [1.165, 1.54) is 11.1 Å². The molecular weight excluding hydrogens is 286 g/mol. The summed E-state index contributed by atoms with van der Waals surface area (Å²) in [7, 11) is 0. The van der Waals surface area contributed by atoms with E-state index in [4.69, 9.17) is 0 Å². The largest absolute Gasteiger partial charge is 0.346 e. The average Bonchev–Trinajstić information content (AvgIpc) is 3.06. The molecule has 2 aromatic heterocycles. The number of rotatable bonds is 2. The predicted molar refractivity (Wildman–Crippen MR) is 91.7 cm³/mol. The molecule has 4 heteroatoms. The Kier molecular flexibility index (Phi) is 3.74. The van der Waals surface area contributed by atoms with Gasteiger partial charge in [-0.3, -0.25) is 4.79 Å². The van der Waals surface area contributed by atoms with Gasteiger partial charge >= 0.3 is 0 Å². The number of allylic oxidation sites excluding steroid dienone is 2. The highest BCUT2D eigenvalue weighted by atomic mass is 16.2. The lowest BCUT2D eigenvalue weighted by Gasteiger charge is -2.30. The maximum atomic E-state index is 12.6. The highest BCUT2D eigenvalue weighted by Gasteiger charge is 2.26. The Morgan fingerprint density at radius 3 is 3.09 bits per heavy atom. The van der Waals surface area contributed by atoms with Crippen molar-refractivity contribution in [3.63, 3.8) is 0 Å². The van der Waals surface area contributed by atoms with Crippen LogP contribution in [0.3, 0.4) is 0 Å². The summed E-state index contributed by atoms with van der Waals surface area (Å²) >= 11 is 0. The van der Waals surface area contributed by atoms with Gasteiger partial charge in [0.05, 0.1) is 0 Å². The van der Waals surface area contributed by atoms with Crippen LogP contribution in [0.25, 0.3) is 16.6 Å². The fourth-order valence-corrected chi connectivity index (χ4v) is 3.61. The predicted octanol–water partition coefficient (Wildman–Crippen LogP) is 3.53. The van der Waals surface area contributed by atoms with E-state index in [9.17, 15) is 4.79 Å². The van der Waals surface area contributed by atoms with Crippen LogP contribution in [-0.4, -0.2) is 33.9 Å².